The van der Waals surface area contributed by atoms with Crippen LogP contribution in [0.3, 0.4) is 0 Å². The molecule has 1 heterocycles. The predicted molar refractivity (Wildman–Crippen MR) is 73.8 cm³/mol. The van der Waals surface area contributed by atoms with E-state index >= 15 is 0 Å². The quantitative estimate of drug-likeness (QED) is 0.795. The molecule has 0 spiro atoms. The van der Waals surface area contributed by atoms with E-state index < -0.39 is 5.79 Å². The van der Waals surface area contributed by atoms with Gasteiger partial charge >= 0.3 is 5.97 Å². The lowest BCUT2D eigenvalue weighted by molar-refractivity contribution is -0.154. The standard InChI is InChI=1S/C15H11BrO3/c1-18-15(10-6-8-11(16)9-7-10)13-5-3-2-4-12(13)14(17)19-15/h2-9H,1H3. The highest BCUT2D eigenvalue weighted by atomic mass is 79.9. The molecule has 1 aliphatic rings. The van der Waals surface area contributed by atoms with Gasteiger partial charge in [0.2, 0.25) is 0 Å². The second kappa shape index (κ2) is 4.47. The molecule has 1 unspecified atom stereocenters. The summed E-state index contributed by atoms with van der Waals surface area (Å²) in [6.07, 6.45) is 0. The Morgan fingerprint density at radius 1 is 1.11 bits per heavy atom. The third kappa shape index (κ3) is 1.79. The van der Waals surface area contributed by atoms with Crippen molar-refractivity contribution in [1.29, 1.82) is 0 Å². The number of carbonyl (C=O) groups excluding carboxylic acids is 1. The minimum absolute atomic E-state index is 0.361. The van der Waals surface area contributed by atoms with Crippen molar-refractivity contribution in [2.45, 2.75) is 5.79 Å². The molecule has 96 valence electrons. The molecule has 0 saturated carbocycles. The fourth-order valence-corrected chi connectivity index (χ4v) is 2.61. The topological polar surface area (TPSA) is 35.5 Å². The molecule has 0 N–H and O–H groups in total. The number of esters is 1. The van der Waals surface area contributed by atoms with Crippen LogP contribution in [0.1, 0.15) is 21.5 Å². The lowest BCUT2D eigenvalue weighted by Crippen LogP contribution is -2.30. The molecule has 0 amide bonds. The van der Waals surface area contributed by atoms with Crippen molar-refractivity contribution < 1.29 is 14.3 Å². The molecule has 0 saturated heterocycles. The minimum atomic E-state index is -1.14. The van der Waals surface area contributed by atoms with Crippen molar-refractivity contribution >= 4 is 21.9 Å². The number of rotatable bonds is 2. The van der Waals surface area contributed by atoms with Crippen LogP contribution in [0.2, 0.25) is 0 Å². The van der Waals surface area contributed by atoms with Crippen LogP contribution in [0.25, 0.3) is 0 Å². The summed E-state index contributed by atoms with van der Waals surface area (Å²) in [6, 6.07) is 14.8. The van der Waals surface area contributed by atoms with E-state index in [0.717, 1.165) is 15.6 Å². The SMILES string of the molecule is COC1(c2ccc(Br)cc2)OC(=O)c2ccccc21. The number of carbonyl (C=O) groups is 1. The lowest BCUT2D eigenvalue weighted by Gasteiger charge is -2.27. The summed E-state index contributed by atoms with van der Waals surface area (Å²) in [4.78, 5) is 12.0. The largest absolute Gasteiger partial charge is 0.420 e. The highest BCUT2D eigenvalue weighted by Crippen LogP contribution is 2.42. The number of cyclic esters (lactones) is 1. The van der Waals surface area contributed by atoms with Crippen molar-refractivity contribution in [3.8, 4) is 0 Å². The molecule has 0 aliphatic carbocycles. The van der Waals surface area contributed by atoms with E-state index in [4.69, 9.17) is 9.47 Å². The van der Waals surface area contributed by atoms with Gasteiger partial charge in [0.05, 0.1) is 5.56 Å². The Hall–Kier alpha value is -1.65. The van der Waals surface area contributed by atoms with E-state index in [0.29, 0.717) is 5.56 Å². The summed E-state index contributed by atoms with van der Waals surface area (Å²) in [5.74, 6) is -1.51. The van der Waals surface area contributed by atoms with Gasteiger partial charge in [-0.25, -0.2) is 4.79 Å². The van der Waals surface area contributed by atoms with E-state index in [1.165, 1.54) is 7.11 Å². The van der Waals surface area contributed by atoms with Crippen molar-refractivity contribution in [2.24, 2.45) is 0 Å². The number of ether oxygens (including phenoxy) is 2. The Kier molecular flexibility index (Phi) is 2.92. The first-order valence-corrected chi connectivity index (χ1v) is 6.61. The number of fused-ring (bicyclic) bond motifs is 1. The second-order valence-electron chi connectivity index (χ2n) is 4.26. The third-order valence-electron chi connectivity index (χ3n) is 3.25. The minimum Gasteiger partial charge on any atom is -0.420 e. The van der Waals surface area contributed by atoms with Crippen LogP contribution >= 0.6 is 15.9 Å². The van der Waals surface area contributed by atoms with Gasteiger partial charge in [0, 0.05) is 22.7 Å². The summed E-state index contributed by atoms with van der Waals surface area (Å²) in [5.41, 5.74) is 2.08. The summed E-state index contributed by atoms with van der Waals surface area (Å²) in [5, 5.41) is 0. The maximum absolute atomic E-state index is 12.0. The second-order valence-corrected chi connectivity index (χ2v) is 5.18. The Bertz CT molecular complexity index is 636. The first-order valence-electron chi connectivity index (χ1n) is 5.81. The molecule has 0 bridgehead atoms. The summed E-state index contributed by atoms with van der Waals surface area (Å²) < 4.78 is 12.0. The van der Waals surface area contributed by atoms with Gasteiger partial charge in [0.1, 0.15) is 0 Å². The summed E-state index contributed by atoms with van der Waals surface area (Å²) in [7, 11) is 1.54. The molecule has 19 heavy (non-hydrogen) atoms. The molecular weight excluding hydrogens is 308 g/mol. The van der Waals surface area contributed by atoms with Crippen molar-refractivity contribution in [3.05, 3.63) is 69.7 Å². The normalized spacial score (nSPS) is 21.1. The zero-order chi connectivity index (χ0) is 13.5. The Balaban J connectivity index is 2.21. The number of benzene rings is 2. The molecule has 3 nitrogen and oxygen atoms in total. The average Bonchev–Trinajstić information content (AvgIpc) is 2.74. The van der Waals surface area contributed by atoms with Gasteiger partial charge in [-0.1, -0.05) is 46.3 Å². The van der Waals surface area contributed by atoms with E-state index in [-0.39, 0.29) is 5.97 Å². The van der Waals surface area contributed by atoms with E-state index in [1.54, 1.807) is 6.07 Å². The van der Waals surface area contributed by atoms with Gasteiger partial charge in [0.15, 0.2) is 0 Å². The first-order chi connectivity index (χ1) is 9.17. The number of halogens is 1. The van der Waals surface area contributed by atoms with Crippen molar-refractivity contribution in [2.75, 3.05) is 7.11 Å². The van der Waals surface area contributed by atoms with E-state index in [1.807, 2.05) is 42.5 Å². The first kappa shape index (κ1) is 12.4. The average molecular weight is 319 g/mol. The lowest BCUT2D eigenvalue weighted by atomic mass is 9.95. The maximum atomic E-state index is 12.0. The van der Waals surface area contributed by atoms with Crippen LogP contribution in [0.15, 0.2) is 53.0 Å². The summed E-state index contributed by atoms with van der Waals surface area (Å²) in [6.45, 7) is 0. The van der Waals surface area contributed by atoms with Gasteiger partial charge < -0.3 is 9.47 Å². The van der Waals surface area contributed by atoms with Gasteiger partial charge in [-0.2, -0.15) is 0 Å². The predicted octanol–water partition coefficient (Wildman–Crippen LogP) is 3.47. The monoisotopic (exact) mass is 318 g/mol. The molecule has 4 heteroatoms. The van der Waals surface area contributed by atoms with Crippen LogP contribution in [0, 0.1) is 0 Å². The van der Waals surface area contributed by atoms with Crippen molar-refractivity contribution in [3.63, 3.8) is 0 Å². The van der Waals surface area contributed by atoms with Gasteiger partial charge in [-0.15, -0.1) is 0 Å². The molecule has 0 aromatic heterocycles. The van der Waals surface area contributed by atoms with E-state index in [2.05, 4.69) is 15.9 Å². The zero-order valence-electron chi connectivity index (χ0n) is 10.2. The molecule has 3 rings (SSSR count). The molecule has 0 fully saturated rings. The maximum Gasteiger partial charge on any atom is 0.341 e. The highest BCUT2D eigenvalue weighted by molar-refractivity contribution is 9.10. The van der Waals surface area contributed by atoms with Crippen LogP contribution in [-0.4, -0.2) is 13.1 Å². The van der Waals surface area contributed by atoms with Crippen molar-refractivity contribution in [1.82, 2.24) is 0 Å². The van der Waals surface area contributed by atoms with Crippen LogP contribution in [0.5, 0.6) is 0 Å². The fraction of sp³-hybridized carbons (Fsp3) is 0.133. The number of methoxy groups -OCH3 is 1. The Morgan fingerprint density at radius 3 is 2.47 bits per heavy atom. The molecular formula is C15H11BrO3. The van der Waals surface area contributed by atoms with Crippen LogP contribution in [-0.2, 0) is 15.3 Å². The third-order valence-corrected chi connectivity index (χ3v) is 3.78. The Labute approximate surface area is 119 Å². The molecule has 2 aromatic carbocycles. The molecule has 0 radical (unpaired) electrons. The summed E-state index contributed by atoms with van der Waals surface area (Å²) >= 11 is 3.39. The van der Waals surface area contributed by atoms with Gasteiger partial charge in [-0.05, 0) is 18.2 Å². The van der Waals surface area contributed by atoms with Crippen LogP contribution in [0.4, 0.5) is 0 Å². The molecule has 2 aromatic rings. The molecule has 1 aliphatic heterocycles. The number of hydrogen-bond donors (Lipinski definition) is 0. The smallest absolute Gasteiger partial charge is 0.341 e. The fourth-order valence-electron chi connectivity index (χ4n) is 2.34. The van der Waals surface area contributed by atoms with Gasteiger partial charge in [-0.3, -0.25) is 0 Å². The van der Waals surface area contributed by atoms with Crippen LogP contribution < -0.4 is 0 Å². The highest BCUT2D eigenvalue weighted by Gasteiger charge is 2.47. The zero-order valence-corrected chi connectivity index (χ0v) is 11.8. The van der Waals surface area contributed by atoms with E-state index in [9.17, 15) is 4.79 Å². The molecule has 1 atom stereocenters. The number of hydrogen-bond acceptors (Lipinski definition) is 3. The Morgan fingerprint density at radius 2 is 1.79 bits per heavy atom. The van der Waals surface area contributed by atoms with Gasteiger partial charge in [0.25, 0.3) is 5.79 Å².